The van der Waals surface area contributed by atoms with E-state index in [1.807, 2.05) is 24.4 Å². The van der Waals surface area contributed by atoms with Crippen molar-refractivity contribution in [3.05, 3.63) is 75.5 Å². The van der Waals surface area contributed by atoms with Crippen molar-refractivity contribution in [3.63, 3.8) is 0 Å². The second-order valence-electron chi connectivity index (χ2n) is 14.1. The Hall–Kier alpha value is -5.70. The number of nitrogens with two attached hydrogens (primary N) is 1. The number of benzene rings is 2. The summed E-state index contributed by atoms with van der Waals surface area (Å²) in [6.45, 7) is 5.80. The van der Waals surface area contributed by atoms with Gasteiger partial charge in [-0.05, 0) is 79.1 Å². The maximum Gasteiger partial charge on any atom is 0.343 e. The van der Waals surface area contributed by atoms with Gasteiger partial charge in [0.25, 0.3) is 17.7 Å². The number of hydrogen-bond acceptors (Lipinski definition) is 14. The molecule has 8 rings (SSSR count). The van der Waals surface area contributed by atoms with E-state index in [1.165, 1.54) is 27.8 Å². The van der Waals surface area contributed by atoms with Crippen LogP contribution in [0.25, 0.3) is 0 Å². The number of sulfonamides is 1. The van der Waals surface area contributed by atoms with Gasteiger partial charge in [-0.3, -0.25) is 24.5 Å². The molecule has 0 aliphatic carbocycles. The van der Waals surface area contributed by atoms with Crippen LogP contribution in [0.2, 0.25) is 0 Å². The van der Waals surface area contributed by atoms with Gasteiger partial charge in [0.1, 0.15) is 0 Å². The van der Waals surface area contributed by atoms with E-state index >= 15 is 0 Å². The van der Waals surface area contributed by atoms with Gasteiger partial charge in [-0.2, -0.15) is 19.0 Å². The zero-order valence-corrected chi connectivity index (χ0v) is 32.0. The van der Waals surface area contributed by atoms with Crippen molar-refractivity contribution in [1.82, 2.24) is 39.3 Å². The third-order valence-corrected chi connectivity index (χ3v) is 13.5. The van der Waals surface area contributed by atoms with E-state index < -0.39 is 33.8 Å². The smallest absolute Gasteiger partial charge is 0.343 e. The summed E-state index contributed by atoms with van der Waals surface area (Å²) in [5.74, 6) is -1.61. The summed E-state index contributed by atoms with van der Waals surface area (Å²) in [6.07, 6.45) is 1.68. The van der Waals surface area contributed by atoms with Crippen molar-refractivity contribution >= 4 is 74.3 Å². The van der Waals surface area contributed by atoms with Crippen LogP contribution in [0.15, 0.2) is 58.8 Å². The van der Waals surface area contributed by atoms with E-state index in [0.29, 0.717) is 61.4 Å². The Bertz CT molecular complexity index is 2350. The van der Waals surface area contributed by atoms with Crippen LogP contribution in [0.3, 0.4) is 0 Å². The van der Waals surface area contributed by atoms with Gasteiger partial charge in [0.2, 0.25) is 27.8 Å². The monoisotopic (exact) mass is 801 g/mol. The summed E-state index contributed by atoms with van der Waals surface area (Å²) in [6, 6.07) is 12.4. The first-order chi connectivity index (χ1) is 26.9. The number of piperazine rings is 1. The van der Waals surface area contributed by atoms with Crippen LogP contribution in [0.1, 0.15) is 55.2 Å². The van der Waals surface area contributed by atoms with Crippen LogP contribution in [-0.2, 0) is 14.8 Å². The van der Waals surface area contributed by atoms with Gasteiger partial charge in [-0.15, -0.1) is 16.4 Å². The lowest BCUT2D eigenvalue weighted by atomic mass is 9.94. The number of hydrazine groups is 1. The number of urea groups is 1. The van der Waals surface area contributed by atoms with Gasteiger partial charge < -0.3 is 20.9 Å². The van der Waals surface area contributed by atoms with Gasteiger partial charge in [0.15, 0.2) is 0 Å². The van der Waals surface area contributed by atoms with Gasteiger partial charge in [-0.1, -0.05) is 6.07 Å². The highest BCUT2D eigenvalue weighted by molar-refractivity contribution is 7.89. The Kier molecular flexibility index (Phi) is 9.81. The summed E-state index contributed by atoms with van der Waals surface area (Å²) in [5, 5.41) is 13.0. The molecule has 3 saturated heterocycles. The number of aryl methyl sites for hydroxylation is 1. The van der Waals surface area contributed by atoms with Crippen molar-refractivity contribution < 1.29 is 32.4 Å². The third kappa shape index (κ3) is 6.88. The first-order valence-corrected chi connectivity index (χ1v) is 20.5. The number of imide groups is 2. The number of piperidine rings is 1. The molecular formula is C36H39N11O7S2. The summed E-state index contributed by atoms with van der Waals surface area (Å²) < 4.78 is 29.7. The van der Waals surface area contributed by atoms with Crippen LogP contribution < -0.4 is 21.3 Å². The molecule has 4 aliphatic rings. The lowest BCUT2D eigenvalue weighted by Crippen LogP contribution is -2.58. The number of carbonyl (C=O) groups excluding carboxylic acids is 5. The molecular weight excluding hydrogens is 763 g/mol. The van der Waals surface area contributed by atoms with E-state index in [0.717, 1.165) is 39.6 Å². The number of carbonyl (C=O) groups is 5. The molecule has 18 nitrogen and oxygen atoms in total. The van der Waals surface area contributed by atoms with E-state index in [1.54, 1.807) is 24.3 Å². The molecule has 4 aromatic rings. The fourth-order valence-electron chi connectivity index (χ4n) is 7.56. The van der Waals surface area contributed by atoms with Gasteiger partial charge in [-0.25, -0.2) is 18.2 Å². The molecule has 5 amide bonds. The summed E-state index contributed by atoms with van der Waals surface area (Å²) in [5.41, 5.74) is 8.44. The Morgan fingerprint density at radius 2 is 1.68 bits per heavy atom. The average Bonchev–Trinajstić information content (AvgIpc) is 3.86. The largest absolute Gasteiger partial charge is 0.371 e. The zero-order chi connectivity index (χ0) is 39.3. The number of nitrogen functional groups attached to an aromatic ring is 1. The Morgan fingerprint density at radius 3 is 2.36 bits per heavy atom. The topological polar surface area (TPSA) is 216 Å². The standard InChI is InChI=1S/C36H39N11O7S2/c1-22-12-20-55-30(22)33(51)46-34(37)40-35(41-46)38-24-5-7-25(8-6-24)56(53,54)44-18-16-42(17-19-44)21-23-9-13-43(14-10-23)27-4-2-3-26-29(27)32(50)47(31(26)49)45-15-11-28(48)39-36(45)52/h2-8,12,20,23H,9-11,13-19,21H2,1H3,(H,39,48,52)(H3,37,38,40,41). The van der Waals surface area contributed by atoms with Crippen LogP contribution in [0.5, 0.6) is 0 Å². The molecule has 0 unspecified atom stereocenters. The molecule has 6 heterocycles. The minimum atomic E-state index is -3.74. The minimum absolute atomic E-state index is 0.0107. The molecule has 0 saturated carbocycles. The molecule has 20 heteroatoms. The molecule has 3 fully saturated rings. The molecule has 56 heavy (non-hydrogen) atoms. The first kappa shape index (κ1) is 37.2. The number of fused-ring (bicyclic) bond motifs is 1. The fraction of sp³-hybridized carbons (Fsp3) is 0.361. The summed E-state index contributed by atoms with van der Waals surface area (Å²) in [4.78, 5) is 73.0. The van der Waals surface area contributed by atoms with Crippen molar-refractivity contribution in [2.45, 2.75) is 31.1 Å². The Labute approximate surface area is 325 Å². The van der Waals surface area contributed by atoms with Crippen molar-refractivity contribution in [1.29, 1.82) is 0 Å². The van der Waals surface area contributed by atoms with Gasteiger partial charge in [0, 0.05) is 57.9 Å². The highest BCUT2D eigenvalue weighted by Gasteiger charge is 2.45. The molecule has 0 radical (unpaired) electrons. The molecule has 4 N–H and O–H groups in total. The maximum absolute atomic E-state index is 13.6. The lowest BCUT2D eigenvalue weighted by Gasteiger charge is -2.39. The molecule has 0 spiro atoms. The normalized spacial score (nSPS) is 18.8. The van der Waals surface area contributed by atoms with Crippen molar-refractivity contribution in [3.8, 4) is 0 Å². The van der Waals surface area contributed by atoms with E-state index in [2.05, 4.69) is 30.5 Å². The van der Waals surface area contributed by atoms with Crippen LogP contribution in [-0.4, -0.2) is 124 Å². The molecule has 0 atom stereocenters. The highest BCUT2D eigenvalue weighted by Crippen LogP contribution is 2.35. The van der Waals surface area contributed by atoms with Gasteiger partial charge in [0.05, 0.1) is 33.1 Å². The first-order valence-electron chi connectivity index (χ1n) is 18.2. The van der Waals surface area contributed by atoms with E-state index in [-0.39, 0.29) is 46.8 Å². The predicted molar refractivity (Wildman–Crippen MR) is 205 cm³/mol. The molecule has 2 aromatic heterocycles. The molecule has 4 aliphatic heterocycles. The lowest BCUT2D eigenvalue weighted by molar-refractivity contribution is -0.122. The Morgan fingerprint density at radius 1 is 0.946 bits per heavy atom. The zero-order valence-electron chi connectivity index (χ0n) is 30.4. The van der Waals surface area contributed by atoms with Gasteiger partial charge >= 0.3 is 6.03 Å². The molecule has 292 valence electrons. The number of aromatic nitrogens is 3. The number of amides is 5. The van der Waals surface area contributed by atoms with Crippen LogP contribution in [0.4, 0.5) is 28.1 Å². The fourth-order valence-corrected chi connectivity index (χ4v) is 9.83. The third-order valence-electron chi connectivity index (χ3n) is 10.6. The van der Waals surface area contributed by atoms with Crippen molar-refractivity contribution in [2.24, 2.45) is 5.92 Å². The van der Waals surface area contributed by atoms with Crippen molar-refractivity contribution in [2.75, 3.05) is 68.3 Å². The number of nitrogens with zero attached hydrogens (tertiary/aromatic N) is 8. The highest BCUT2D eigenvalue weighted by atomic mass is 32.2. The number of rotatable bonds is 9. The predicted octanol–water partition coefficient (Wildman–Crippen LogP) is 2.34. The average molecular weight is 802 g/mol. The Balaban J connectivity index is 0.828. The van der Waals surface area contributed by atoms with E-state index in [4.69, 9.17) is 5.73 Å². The summed E-state index contributed by atoms with van der Waals surface area (Å²) >= 11 is 1.29. The second kappa shape index (κ2) is 14.8. The second-order valence-corrected chi connectivity index (χ2v) is 16.9. The number of hydrogen-bond donors (Lipinski definition) is 3. The van der Waals surface area contributed by atoms with E-state index in [9.17, 15) is 32.4 Å². The number of anilines is 4. The SMILES string of the molecule is Cc1ccsc1C(=O)n1nc(Nc2ccc(S(=O)(=O)N3CCN(CC4CCN(c5cccc6c5C(=O)N(N5CCC(=O)NC5=O)C6=O)CC4)CC3)cc2)nc1N. The maximum atomic E-state index is 13.6. The molecule has 0 bridgehead atoms. The van der Waals surface area contributed by atoms with Crippen LogP contribution in [0, 0.1) is 12.8 Å². The molecule has 2 aromatic carbocycles. The van der Waals surface area contributed by atoms with Crippen LogP contribution >= 0.6 is 11.3 Å². The minimum Gasteiger partial charge on any atom is -0.371 e. The quantitative estimate of drug-likeness (QED) is 0.208. The number of nitrogens with one attached hydrogen (secondary N) is 2. The summed E-state index contributed by atoms with van der Waals surface area (Å²) in [7, 11) is -3.74. The number of thiophene rings is 1.